The summed E-state index contributed by atoms with van der Waals surface area (Å²) in [6.45, 7) is 3.39. The van der Waals surface area contributed by atoms with Crippen molar-refractivity contribution in [2.24, 2.45) is 5.92 Å². The first-order valence-electron chi connectivity index (χ1n) is 9.84. The Hall–Kier alpha value is -2.24. The number of hydrogen-bond acceptors (Lipinski definition) is 7. The number of amides is 2. The number of aliphatic hydroxyl groups excluding tert-OH is 2. The van der Waals surface area contributed by atoms with Crippen molar-refractivity contribution >= 4 is 17.7 Å². The molecule has 10 heteroatoms. The fourth-order valence-corrected chi connectivity index (χ4v) is 3.81. The average molecular weight is 424 g/mol. The Labute approximate surface area is 174 Å². The third-order valence-corrected chi connectivity index (χ3v) is 5.12. The third kappa shape index (κ3) is 5.46. The topological polar surface area (TPSA) is 147 Å². The maximum Gasteiger partial charge on any atom is 0.319 e. The molecule has 0 aliphatic carbocycles. The fraction of sp³-hybridized carbons (Fsp3) is 0.600. The van der Waals surface area contributed by atoms with Crippen LogP contribution < -0.4 is 10.6 Å². The van der Waals surface area contributed by atoms with E-state index in [-0.39, 0.29) is 12.3 Å². The van der Waals surface area contributed by atoms with E-state index in [1.165, 1.54) is 0 Å². The molecule has 30 heavy (non-hydrogen) atoms. The second-order valence-electron chi connectivity index (χ2n) is 7.92. The molecule has 2 aliphatic heterocycles. The second kappa shape index (κ2) is 9.27. The Morgan fingerprint density at radius 1 is 1.20 bits per heavy atom. The summed E-state index contributed by atoms with van der Waals surface area (Å²) in [6, 6.07) is 6.12. The first-order chi connectivity index (χ1) is 14.2. The minimum Gasteiger partial charge on any atom is -0.481 e. The summed E-state index contributed by atoms with van der Waals surface area (Å²) in [5.74, 6) is -1.99. The third-order valence-electron chi connectivity index (χ3n) is 5.12. The van der Waals surface area contributed by atoms with Gasteiger partial charge in [-0.05, 0) is 38.0 Å². The summed E-state index contributed by atoms with van der Waals surface area (Å²) in [6.07, 6.45) is -2.40. The zero-order valence-electron chi connectivity index (χ0n) is 16.9. The molecular formula is C20H28N2O8. The zero-order valence-corrected chi connectivity index (χ0v) is 16.9. The number of carbonyl (C=O) groups is 2. The van der Waals surface area contributed by atoms with Gasteiger partial charge in [0.05, 0.1) is 19.1 Å². The SMILES string of the molecule is CC1(C)O[C@H]2O[C@H](C(O)CO)[C@@H](CCNC(=O)Nc3ccc(CC(=O)O)cc3)[C@H]2O1. The first kappa shape index (κ1) is 22.4. The molecule has 0 spiro atoms. The van der Waals surface area contributed by atoms with Crippen molar-refractivity contribution in [2.75, 3.05) is 18.5 Å². The number of anilines is 1. The molecule has 0 saturated carbocycles. The maximum atomic E-state index is 12.2. The molecule has 3 rings (SSSR count). The molecule has 2 amide bonds. The highest BCUT2D eigenvalue weighted by atomic mass is 16.8. The first-order valence-corrected chi connectivity index (χ1v) is 9.84. The number of aliphatic hydroxyl groups is 2. The van der Waals surface area contributed by atoms with E-state index < -0.39 is 49.0 Å². The Morgan fingerprint density at radius 3 is 2.53 bits per heavy atom. The van der Waals surface area contributed by atoms with Crippen LogP contribution in [0, 0.1) is 5.92 Å². The molecule has 2 aliphatic rings. The summed E-state index contributed by atoms with van der Waals surface area (Å²) in [5.41, 5.74) is 1.17. The highest BCUT2D eigenvalue weighted by Crippen LogP contribution is 2.42. The number of carboxylic acids is 1. The Kier molecular flexibility index (Phi) is 6.94. The van der Waals surface area contributed by atoms with Crippen molar-refractivity contribution in [3.63, 3.8) is 0 Å². The van der Waals surface area contributed by atoms with Crippen molar-refractivity contribution in [1.82, 2.24) is 5.32 Å². The lowest BCUT2D eigenvalue weighted by atomic mass is 9.91. The predicted octanol–water partition coefficient (Wildman–Crippen LogP) is 0.671. The number of ether oxygens (including phenoxy) is 3. The molecule has 166 valence electrons. The predicted molar refractivity (Wildman–Crippen MR) is 105 cm³/mol. The lowest BCUT2D eigenvalue weighted by Crippen LogP contribution is -2.41. The molecule has 0 aromatic heterocycles. The smallest absolute Gasteiger partial charge is 0.319 e. The largest absolute Gasteiger partial charge is 0.481 e. The van der Waals surface area contributed by atoms with Gasteiger partial charge in [0.2, 0.25) is 0 Å². The number of hydrogen-bond donors (Lipinski definition) is 5. The van der Waals surface area contributed by atoms with Gasteiger partial charge in [0.25, 0.3) is 0 Å². The van der Waals surface area contributed by atoms with Crippen LogP contribution in [0.3, 0.4) is 0 Å². The minimum absolute atomic E-state index is 0.0818. The normalized spacial score (nSPS) is 28.0. The van der Waals surface area contributed by atoms with Crippen LogP contribution in [-0.2, 0) is 25.4 Å². The maximum absolute atomic E-state index is 12.2. The number of rotatable bonds is 8. The van der Waals surface area contributed by atoms with Gasteiger partial charge in [-0.15, -0.1) is 0 Å². The van der Waals surface area contributed by atoms with Crippen LogP contribution in [0.25, 0.3) is 0 Å². The molecule has 1 aromatic rings. The van der Waals surface area contributed by atoms with Gasteiger partial charge >= 0.3 is 12.0 Å². The molecule has 10 nitrogen and oxygen atoms in total. The van der Waals surface area contributed by atoms with E-state index in [4.69, 9.17) is 19.3 Å². The molecule has 2 heterocycles. The second-order valence-corrected chi connectivity index (χ2v) is 7.92. The van der Waals surface area contributed by atoms with Crippen molar-refractivity contribution < 1.29 is 39.1 Å². The van der Waals surface area contributed by atoms with E-state index in [1.54, 1.807) is 38.1 Å². The van der Waals surface area contributed by atoms with E-state index in [9.17, 15) is 19.8 Å². The quantitative estimate of drug-likeness (QED) is 0.409. The van der Waals surface area contributed by atoms with Crippen LogP contribution in [0.4, 0.5) is 10.5 Å². The monoisotopic (exact) mass is 424 g/mol. The summed E-state index contributed by atoms with van der Waals surface area (Å²) in [4.78, 5) is 22.9. The van der Waals surface area contributed by atoms with Crippen molar-refractivity contribution in [2.45, 2.75) is 57.1 Å². The summed E-state index contributed by atoms with van der Waals surface area (Å²) >= 11 is 0. The van der Waals surface area contributed by atoms with Gasteiger partial charge in [0, 0.05) is 18.2 Å². The molecular weight excluding hydrogens is 396 g/mol. The van der Waals surface area contributed by atoms with Crippen LogP contribution in [0.1, 0.15) is 25.8 Å². The van der Waals surface area contributed by atoms with Crippen molar-refractivity contribution in [3.05, 3.63) is 29.8 Å². The van der Waals surface area contributed by atoms with E-state index in [0.717, 1.165) is 0 Å². The molecule has 2 saturated heterocycles. The van der Waals surface area contributed by atoms with E-state index in [1.807, 2.05) is 0 Å². The number of urea groups is 1. The summed E-state index contributed by atoms with van der Waals surface area (Å²) in [7, 11) is 0. The van der Waals surface area contributed by atoms with E-state index >= 15 is 0 Å². The van der Waals surface area contributed by atoms with Crippen molar-refractivity contribution in [1.29, 1.82) is 0 Å². The highest BCUT2D eigenvalue weighted by Gasteiger charge is 2.55. The minimum atomic E-state index is -1.07. The fourth-order valence-electron chi connectivity index (χ4n) is 3.81. The Morgan fingerprint density at radius 2 is 1.90 bits per heavy atom. The number of carboxylic acid groups (broad SMARTS) is 1. The molecule has 1 unspecified atom stereocenters. The lowest BCUT2D eigenvalue weighted by molar-refractivity contribution is -0.222. The van der Waals surface area contributed by atoms with Gasteiger partial charge in [0.15, 0.2) is 12.1 Å². The van der Waals surface area contributed by atoms with Gasteiger partial charge in [-0.3, -0.25) is 4.79 Å². The number of carbonyl (C=O) groups excluding carboxylic acids is 1. The Bertz CT molecular complexity index is 754. The standard InChI is InChI=1S/C20H28N2O8/c1-20(2)29-17-13(16(14(24)10-23)28-18(17)30-20)7-8-21-19(27)22-12-5-3-11(4-6-12)9-15(25)26/h3-6,13-14,16-18,23-24H,7-10H2,1-2H3,(H,25,26)(H2,21,22,27)/t13-,14?,16+,17-,18-/m1/s1. The molecule has 1 aromatic carbocycles. The molecule has 5 atom stereocenters. The molecule has 0 radical (unpaired) electrons. The van der Waals surface area contributed by atoms with Gasteiger partial charge in [0.1, 0.15) is 12.2 Å². The number of nitrogens with one attached hydrogen (secondary N) is 2. The van der Waals surface area contributed by atoms with Crippen molar-refractivity contribution in [3.8, 4) is 0 Å². The van der Waals surface area contributed by atoms with Crippen LogP contribution in [0.5, 0.6) is 0 Å². The van der Waals surface area contributed by atoms with Crippen LogP contribution in [0.2, 0.25) is 0 Å². The van der Waals surface area contributed by atoms with E-state index in [2.05, 4.69) is 10.6 Å². The van der Waals surface area contributed by atoms with Gasteiger partial charge < -0.3 is 40.2 Å². The molecule has 2 fully saturated rings. The van der Waals surface area contributed by atoms with Crippen LogP contribution in [0.15, 0.2) is 24.3 Å². The average Bonchev–Trinajstić information content (AvgIpc) is 3.14. The van der Waals surface area contributed by atoms with Crippen LogP contribution in [-0.4, -0.2) is 70.9 Å². The summed E-state index contributed by atoms with van der Waals surface area (Å²) in [5, 5.41) is 33.6. The van der Waals surface area contributed by atoms with Crippen LogP contribution >= 0.6 is 0 Å². The summed E-state index contributed by atoms with van der Waals surface area (Å²) < 4.78 is 17.3. The lowest BCUT2D eigenvalue weighted by Gasteiger charge is -2.28. The zero-order chi connectivity index (χ0) is 21.9. The number of benzene rings is 1. The Balaban J connectivity index is 1.51. The van der Waals surface area contributed by atoms with Gasteiger partial charge in [-0.1, -0.05) is 12.1 Å². The molecule has 5 N–H and O–H groups in total. The highest BCUT2D eigenvalue weighted by molar-refractivity contribution is 5.89. The number of aliphatic carboxylic acids is 1. The molecule has 0 bridgehead atoms. The van der Waals surface area contributed by atoms with Gasteiger partial charge in [-0.25, -0.2) is 4.79 Å². The van der Waals surface area contributed by atoms with E-state index in [0.29, 0.717) is 24.2 Å². The van der Waals surface area contributed by atoms with Gasteiger partial charge in [-0.2, -0.15) is 0 Å². The number of fused-ring (bicyclic) bond motifs is 1.